The molecule has 1 aromatic rings. The van der Waals surface area contributed by atoms with E-state index in [9.17, 15) is 4.79 Å². The van der Waals surface area contributed by atoms with Crippen molar-refractivity contribution < 1.29 is 9.90 Å². The fourth-order valence-corrected chi connectivity index (χ4v) is 3.00. The third-order valence-corrected chi connectivity index (χ3v) is 4.17. The van der Waals surface area contributed by atoms with Gasteiger partial charge < -0.3 is 5.11 Å². The van der Waals surface area contributed by atoms with Crippen LogP contribution in [0.2, 0.25) is 0 Å². The zero-order valence-corrected chi connectivity index (χ0v) is 12.0. The Morgan fingerprint density at radius 2 is 2.21 bits per heavy atom. The molecule has 1 aliphatic carbocycles. The van der Waals surface area contributed by atoms with Gasteiger partial charge in [-0.25, -0.2) is 4.79 Å². The van der Waals surface area contributed by atoms with Crippen LogP contribution in [0.25, 0.3) is 0 Å². The summed E-state index contributed by atoms with van der Waals surface area (Å²) in [5.41, 5.74) is 1.90. The maximum absolute atomic E-state index is 11.0. The molecular formula is C16H23NO2. The normalized spacial score (nSPS) is 21.8. The molecule has 1 saturated carbocycles. The molecule has 0 aliphatic heterocycles. The van der Waals surface area contributed by atoms with Crippen LogP contribution in [0.4, 0.5) is 0 Å². The molecule has 0 spiro atoms. The molecule has 1 aromatic carbocycles. The number of nitrogens with zero attached hydrogens (tertiary/aromatic N) is 1. The lowest BCUT2D eigenvalue weighted by Gasteiger charge is -2.26. The summed E-state index contributed by atoms with van der Waals surface area (Å²) in [6.45, 7) is 5.47. The molecule has 3 nitrogen and oxygen atoms in total. The highest BCUT2D eigenvalue weighted by Crippen LogP contribution is 2.39. The molecular weight excluding hydrogens is 238 g/mol. The van der Waals surface area contributed by atoms with E-state index in [1.165, 1.54) is 19.3 Å². The predicted octanol–water partition coefficient (Wildman–Crippen LogP) is 3.40. The van der Waals surface area contributed by atoms with Gasteiger partial charge in [-0.3, -0.25) is 4.90 Å². The second-order valence-corrected chi connectivity index (χ2v) is 6.48. The van der Waals surface area contributed by atoms with Crippen molar-refractivity contribution in [2.24, 2.45) is 5.41 Å². The minimum Gasteiger partial charge on any atom is -0.478 e. The summed E-state index contributed by atoms with van der Waals surface area (Å²) in [7, 11) is 2.14. The second-order valence-electron chi connectivity index (χ2n) is 6.48. The monoisotopic (exact) mass is 261 g/mol. The first-order chi connectivity index (χ1) is 8.87. The Bertz CT molecular complexity index is 468. The van der Waals surface area contributed by atoms with Crippen LogP contribution in [0.15, 0.2) is 24.3 Å². The first-order valence-electron chi connectivity index (χ1n) is 6.90. The number of carboxylic acid groups (broad SMARTS) is 1. The highest BCUT2D eigenvalue weighted by atomic mass is 16.4. The lowest BCUT2D eigenvalue weighted by atomic mass is 9.91. The van der Waals surface area contributed by atoms with Crippen LogP contribution in [0.1, 0.15) is 49.0 Å². The van der Waals surface area contributed by atoms with Gasteiger partial charge in [0.05, 0.1) is 5.56 Å². The summed E-state index contributed by atoms with van der Waals surface area (Å²) < 4.78 is 0. The number of carboxylic acids is 1. The molecule has 1 N–H and O–H groups in total. The van der Waals surface area contributed by atoms with E-state index in [4.69, 9.17) is 5.11 Å². The van der Waals surface area contributed by atoms with Gasteiger partial charge in [-0.1, -0.05) is 26.0 Å². The SMILES string of the molecule is CN(Cc1cccc(C(=O)O)c1)C1CCC(C)(C)C1. The average Bonchev–Trinajstić information content (AvgIpc) is 2.70. The Morgan fingerprint density at radius 1 is 1.47 bits per heavy atom. The highest BCUT2D eigenvalue weighted by Gasteiger charge is 2.32. The van der Waals surface area contributed by atoms with E-state index in [2.05, 4.69) is 25.8 Å². The van der Waals surface area contributed by atoms with Crippen LogP contribution in [-0.2, 0) is 6.54 Å². The first-order valence-corrected chi connectivity index (χ1v) is 6.90. The maximum Gasteiger partial charge on any atom is 0.335 e. The second kappa shape index (κ2) is 5.33. The Balaban J connectivity index is 2.01. The number of benzene rings is 1. The van der Waals surface area contributed by atoms with Crippen molar-refractivity contribution >= 4 is 5.97 Å². The van der Waals surface area contributed by atoms with Gasteiger partial charge in [0, 0.05) is 12.6 Å². The Labute approximate surface area is 115 Å². The average molecular weight is 261 g/mol. The van der Waals surface area contributed by atoms with Gasteiger partial charge in [0.15, 0.2) is 0 Å². The summed E-state index contributed by atoms with van der Waals surface area (Å²) in [4.78, 5) is 13.3. The summed E-state index contributed by atoms with van der Waals surface area (Å²) >= 11 is 0. The van der Waals surface area contributed by atoms with Crippen LogP contribution in [0.5, 0.6) is 0 Å². The van der Waals surface area contributed by atoms with Gasteiger partial charge in [0.1, 0.15) is 0 Å². The van der Waals surface area contributed by atoms with Crippen molar-refractivity contribution in [1.82, 2.24) is 4.90 Å². The first kappa shape index (κ1) is 14.1. The zero-order chi connectivity index (χ0) is 14.0. The highest BCUT2D eigenvalue weighted by molar-refractivity contribution is 5.87. The molecule has 0 heterocycles. The topological polar surface area (TPSA) is 40.5 Å². The number of hydrogen-bond acceptors (Lipinski definition) is 2. The van der Waals surface area contributed by atoms with Crippen molar-refractivity contribution in [3.8, 4) is 0 Å². The predicted molar refractivity (Wildman–Crippen MR) is 76.3 cm³/mol. The molecule has 104 valence electrons. The quantitative estimate of drug-likeness (QED) is 0.903. The van der Waals surface area contributed by atoms with E-state index in [-0.39, 0.29) is 0 Å². The molecule has 1 atom stereocenters. The number of rotatable bonds is 4. The number of carbonyl (C=O) groups is 1. The summed E-state index contributed by atoms with van der Waals surface area (Å²) in [6.07, 6.45) is 3.74. The summed E-state index contributed by atoms with van der Waals surface area (Å²) in [5.74, 6) is -0.855. The van der Waals surface area contributed by atoms with Crippen LogP contribution in [0, 0.1) is 5.41 Å². The zero-order valence-electron chi connectivity index (χ0n) is 12.0. The fraction of sp³-hybridized carbons (Fsp3) is 0.562. The van der Waals surface area contributed by atoms with E-state index in [1.54, 1.807) is 12.1 Å². The van der Waals surface area contributed by atoms with Gasteiger partial charge in [-0.2, -0.15) is 0 Å². The van der Waals surface area contributed by atoms with E-state index < -0.39 is 5.97 Å². The lowest BCUT2D eigenvalue weighted by molar-refractivity contribution is 0.0696. The summed E-state index contributed by atoms with van der Waals surface area (Å²) in [6, 6.07) is 7.86. The summed E-state index contributed by atoms with van der Waals surface area (Å²) in [5, 5.41) is 9.01. The standard InChI is InChI=1S/C16H23NO2/c1-16(2)8-7-14(10-16)17(3)11-12-5-4-6-13(9-12)15(18)19/h4-6,9,14H,7-8,10-11H2,1-3H3,(H,18,19). The van der Waals surface area contributed by atoms with E-state index in [0.29, 0.717) is 17.0 Å². The van der Waals surface area contributed by atoms with Gasteiger partial charge in [0.25, 0.3) is 0 Å². The van der Waals surface area contributed by atoms with Crippen LogP contribution < -0.4 is 0 Å². The van der Waals surface area contributed by atoms with Crippen LogP contribution in [-0.4, -0.2) is 29.1 Å². The molecule has 0 amide bonds. The van der Waals surface area contributed by atoms with E-state index in [0.717, 1.165) is 12.1 Å². The third-order valence-electron chi connectivity index (χ3n) is 4.17. The molecule has 19 heavy (non-hydrogen) atoms. The third kappa shape index (κ3) is 3.57. The molecule has 0 saturated heterocycles. The Morgan fingerprint density at radius 3 is 2.79 bits per heavy atom. The number of hydrogen-bond donors (Lipinski definition) is 1. The Hall–Kier alpha value is -1.35. The Kier molecular flexibility index (Phi) is 3.95. The van der Waals surface area contributed by atoms with Crippen molar-refractivity contribution in [3.63, 3.8) is 0 Å². The van der Waals surface area contributed by atoms with Crippen molar-refractivity contribution in [1.29, 1.82) is 0 Å². The minimum atomic E-state index is -0.855. The molecule has 0 radical (unpaired) electrons. The molecule has 2 rings (SSSR count). The van der Waals surface area contributed by atoms with E-state index >= 15 is 0 Å². The number of aromatic carboxylic acids is 1. The van der Waals surface area contributed by atoms with Crippen LogP contribution in [0.3, 0.4) is 0 Å². The maximum atomic E-state index is 11.0. The molecule has 1 unspecified atom stereocenters. The van der Waals surface area contributed by atoms with Crippen molar-refractivity contribution in [2.75, 3.05) is 7.05 Å². The van der Waals surface area contributed by atoms with Crippen molar-refractivity contribution in [2.45, 2.75) is 45.7 Å². The molecule has 0 aromatic heterocycles. The van der Waals surface area contributed by atoms with Gasteiger partial charge in [-0.05, 0) is 49.4 Å². The van der Waals surface area contributed by atoms with Gasteiger partial charge in [0.2, 0.25) is 0 Å². The van der Waals surface area contributed by atoms with Crippen LogP contribution >= 0.6 is 0 Å². The molecule has 1 fully saturated rings. The van der Waals surface area contributed by atoms with Gasteiger partial charge in [-0.15, -0.1) is 0 Å². The fourth-order valence-electron chi connectivity index (χ4n) is 3.00. The smallest absolute Gasteiger partial charge is 0.335 e. The molecule has 3 heteroatoms. The van der Waals surface area contributed by atoms with Crippen molar-refractivity contribution in [3.05, 3.63) is 35.4 Å². The molecule has 0 bridgehead atoms. The molecule has 1 aliphatic rings. The largest absolute Gasteiger partial charge is 0.478 e. The lowest BCUT2D eigenvalue weighted by Crippen LogP contribution is -2.29. The van der Waals surface area contributed by atoms with E-state index in [1.807, 2.05) is 12.1 Å². The van der Waals surface area contributed by atoms with Gasteiger partial charge >= 0.3 is 5.97 Å². The minimum absolute atomic E-state index is 0.373.